The first-order valence-corrected chi connectivity index (χ1v) is 14.4. The highest BCUT2D eigenvalue weighted by Crippen LogP contribution is 2.47. The lowest BCUT2D eigenvalue weighted by Crippen LogP contribution is -2.53. The fourth-order valence-corrected chi connectivity index (χ4v) is 5.06. The van der Waals surface area contributed by atoms with Crippen LogP contribution in [0.4, 0.5) is 20.6 Å². The molecule has 13 heteroatoms. The van der Waals surface area contributed by atoms with E-state index >= 15 is 0 Å². The summed E-state index contributed by atoms with van der Waals surface area (Å²) in [4.78, 5) is 49.0. The number of halogens is 1. The van der Waals surface area contributed by atoms with E-state index in [1.165, 1.54) is 37.7 Å². The molecule has 2 fully saturated rings. The third-order valence-corrected chi connectivity index (χ3v) is 7.87. The van der Waals surface area contributed by atoms with Crippen molar-refractivity contribution in [3.63, 3.8) is 0 Å². The molecule has 0 spiro atoms. The molecule has 2 aliphatic rings. The van der Waals surface area contributed by atoms with Crippen LogP contribution in [0.5, 0.6) is 23.1 Å². The molecule has 1 saturated heterocycles. The topological polar surface area (TPSA) is 144 Å². The molecular formula is C32H31FN6O6. The van der Waals surface area contributed by atoms with Crippen LogP contribution in [0.25, 0.3) is 10.9 Å². The van der Waals surface area contributed by atoms with E-state index in [2.05, 4.69) is 25.9 Å². The van der Waals surface area contributed by atoms with Gasteiger partial charge in [-0.2, -0.15) is 0 Å². The molecule has 0 radical (unpaired) electrons. The standard InChI is InChI=1S/C32H31FN6O6/c1-19-17-34-13-14-39(19)31(42)45-27-16-25-24(15-26(27)43-2)28(36-18-35-25)44-23-9-7-22(8-10-23)38-30(41)32(11-12-32)29(40)37-21-5-3-20(33)4-6-21/h3-10,15-16,18-19,34H,11-14,17H2,1-2H3,(H,37,40)(H,38,41)/t19-/m1/s1. The summed E-state index contributed by atoms with van der Waals surface area (Å²) >= 11 is 0. The van der Waals surface area contributed by atoms with Crippen LogP contribution in [0.3, 0.4) is 0 Å². The molecule has 0 unspecified atom stereocenters. The van der Waals surface area contributed by atoms with E-state index < -0.39 is 29.1 Å². The summed E-state index contributed by atoms with van der Waals surface area (Å²) in [5.74, 6) is -0.0519. The maximum absolute atomic E-state index is 13.2. The predicted molar refractivity (Wildman–Crippen MR) is 163 cm³/mol. The highest BCUT2D eigenvalue weighted by atomic mass is 19.1. The van der Waals surface area contributed by atoms with Crippen molar-refractivity contribution in [1.29, 1.82) is 0 Å². The number of anilines is 2. The van der Waals surface area contributed by atoms with Crippen molar-refractivity contribution in [2.45, 2.75) is 25.8 Å². The van der Waals surface area contributed by atoms with Gasteiger partial charge in [-0.15, -0.1) is 0 Å². The average Bonchev–Trinajstić information content (AvgIpc) is 3.86. The Bertz CT molecular complexity index is 1750. The van der Waals surface area contributed by atoms with Crippen LogP contribution in [0.15, 0.2) is 67.0 Å². The van der Waals surface area contributed by atoms with Gasteiger partial charge in [-0.25, -0.2) is 19.2 Å². The summed E-state index contributed by atoms with van der Waals surface area (Å²) in [7, 11) is 1.47. The second-order valence-corrected chi connectivity index (χ2v) is 10.9. The van der Waals surface area contributed by atoms with Gasteiger partial charge in [0.25, 0.3) is 0 Å². The van der Waals surface area contributed by atoms with Crippen molar-refractivity contribution >= 4 is 40.2 Å². The van der Waals surface area contributed by atoms with Crippen molar-refractivity contribution in [3.05, 3.63) is 72.8 Å². The minimum absolute atomic E-state index is 0.0121. The number of benzene rings is 3. The Morgan fingerprint density at radius 1 is 0.956 bits per heavy atom. The summed E-state index contributed by atoms with van der Waals surface area (Å²) in [6.07, 6.45) is 1.69. The van der Waals surface area contributed by atoms with Crippen LogP contribution in [0.1, 0.15) is 19.8 Å². The number of nitrogens with one attached hydrogen (secondary N) is 3. The van der Waals surface area contributed by atoms with Crippen molar-refractivity contribution in [2.75, 3.05) is 37.4 Å². The monoisotopic (exact) mass is 614 g/mol. The number of ether oxygens (including phenoxy) is 3. The molecule has 1 aliphatic heterocycles. The van der Waals surface area contributed by atoms with E-state index in [4.69, 9.17) is 14.2 Å². The van der Waals surface area contributed by atoms with E-state index in [9.17, 15) is 18.8 Å². The number of aromatic nitrogens is 2. The van der Waals surface area contributed by atoms with Gasteiger partial charge in [0.1, 0.15) is 23.3 Å². The van der Waals surface area contributed by atoms with Crippen LogP contribution < -0.4 is 30.2 Å². The Labute approximate surface area is 257 Å². The summed E-state index contributed by atoms with van der Waals surface area (Å²) in [5, 5.41) is 9.26. The summed E-state index contributed by atoms with van der Waals surface area (Å²) in [6, 6.07) is 15.2. The first-order chi connectivity index (χ1) is 21.8. The van der Waals surface area contributed by atoms with Crippen molar-refractivity contribution in [2.24, 2.45) is 5.41 Å². The largest absolute Gasteiger partial charge is 0.493 e. The molecule has 45 heavy (non-hydrogen) atoms. The Kier molecular flexibility index (Phi) is 8.18. The maximum atomic E-state index is 13.2. The number of amides is 3. The van der Waals surface area contributed by atoms with Gasteiger partial charge in [-0.05, 0) is 74.4 Å². The average molecular weight is 615 g/mol. The van der Waals surface area contributed by atoms with E-state index in [-0.39, 0.29) is 17.7 Å². The van der Waals surface area contributed by atoms with Gasteiger partial charge in [-0.1, -0.05) is 0 Å². The second kappa shape index (κ2) is 12.4. The number of hydrogen-bond donors (Lipinski definition) is 3. The van der Waals surface area contributed by atoms with E-state index in [0.717, 1.165) is 0 Å². The van der Waals surface area contributed by atoms with Crippen molar-refractivity contribution < 1.29 is 33.0 Å². The number of fused-ring (bicyclic) bond motifs is 1. The summed E-state index contributed by atoms with van der Waals surface area (Å²) in [5.41, 5.74) is 0.194. The SMILES string of the molecule is COc1cc2c(Oc3ccc(NC(=O)C4(C(=O)Nc5ccc(F)cc5)CC4)cc3)ncnc2cc1OC(=O)N1CCNC[C@H]1C. The Morgan fingerprint density at radius 3 is 2.24 bits per heavy atom. The number of nitrogens with zero attached hydrogens (tertiary/aromatic N) is 3. The number of piperazine rings is 1. The van der Waals surface area contributed by atoms with Gasteiger partial charge in [-0.3, -0.25) is 9.59 Å². The van der Waals surface area contributed by atoms with Crippen molar-refractivity contribution in [3.8, 4) is 23.1 Å². The molecule has 1 saturated carbocycles. The quantitative estimate of drug-likeness (QED) is 0.240. The predicted octanol–water partition coefficient (Wildman–Crippen LogP) is 4.72. The van der Waals surface area contributed by atoms with Crippen LogP contribution in [0.2, 0.25) is 0 Å². The summed E-state index contributed by atoms with van der Waals surface area (Å²) in [6.45, 7) is 3.85. The first-order valence-electron chi connectivity index (χ1n) is 14.4. The van der Waals surface area contributed by atoms with Crippen LogP contribution in [-0.4, -0.2) is 65.6 Å². The van der Waals surface area contributed by atoms with Crippen LogP contribution in [-0.2, 0) is 9.59 Å². The molecule has 1 atom stereocenters. The normalized spacial score (nSPS) is 16.9. The zero-order valence-corrected chi connectivity index (χ0v) is 24.6. The number of rotatable bonds is 8. The van der Waals surface area contributed by atoms with Gasteiger partial charge in [0.2, 0.25) is 17.7 Å². The molecule has 2 heterocycles. The molecule has 4 aromatic rings. The second-order valence-electron chi connectivity index (χ2n) is 10.9. The zero-order valence-electron chi connectivity index (χ0n) is 24.6. The molecule has 6 rings (SSSR count). The lowest BCUT2D eigenvalue weighted by Gasteiger charge is -2.33. The fourth-order valence-electron chi connectivity index (χ4n) is 5.06. The number of carbonyl (C=O) groups is 3. The maximum Gasteiger partial charge on any atom is 0.415 e. The first kappa shape index (κ1) is 29.8. The minimum Gasteiger partial charge on any atom is -0.493 e. The van der Waals surface area contributed by atoms with Crippen LogP contribution >= 0.6 is 0 Å². The summed E-state index contributed by atoms with van der Waals surface area (Å²) < 4.78 is 30.4. The van der Waals surface area contributed by atoms with Crippen LogP contribution in [0, 0.1) is 11.2 Å². The lowest BCUT2D eigenvalue weighted by atomic mass is 10.0. The molecule has 3 amide bonds. The van der Waals surface area contributed by atoms with Gasteiger partial charge < -0.3 is 35.1 Å². The highest BCUT2D eigenvalue weighted by Gasteiger charge is 2.56. The molecule has 1 aliphatic carbocycles. The van der Waals surface area contributed by atoms with Gasteiger partial charge in [0, 0.05) is 43.1 Å². The molecule has 0 bridgehead atoms. The Balaban J connectivity index is 1.13. The number of methoxy groups -OCH3 is 1. The smallest absolute Gasteiger partial charge is 0.415 e. The lowest BCUT2D eigenvalue weighted by molar-refractivity contribution is -0.131. The zero-order chi connectivity index (χ0) is 31.6. The number of carbonyl (C=O) groups excluding carboxylic acids is 3. The highest BCUT2D eigenvalue weighted by molar-refractivity contribution is 6.16. The minimum atomic E-state index is -1.18. The van der Waals surface area contributed by atoms with Crippen molar-refractivity contribution in [1.82, 2.24) is 20.2 Å². The van der Waals surface area contributed by atoms with Gasteiger partial charge >= 0.3 is 6.09 Å². The van der Waals surface area contributed by atoms with E-state index in [1.807, 2.05) is 6.92 Å². The Morgan fingerprint density at radius 2 is 1.62 bits per heavy atom. The van der Waals surface area contributed by atoms with Gasteiger partial charge in [0.05, 0.1) is 18.0 Å². The van der Waals surface area contributed by atoms with E-state index in [0.29, 0.717) is 66.3 Å². The molecule has 3 aromatic carbocycles. The molecule has 3 N–H and O–H groups in total. The Hall–Kier alpha value is -5.30. The molecule has 12 nitrogen and oxygen atoms in total. The third kappa shape index (κ3) is 6.34. The molecule has 1 aromatic heterocycles. The van der Waals surface area contributed by atoms with Gasteiger partial charge in [0.15, 0.2) is 11.5 Å². The molecular weight excluding hydrogens is 583 g/mol. The molecule has 232 valence electrons. The third-order valence-electron chi connectivity index (χ3n) is 7.87. The fraction of sp³-hybridized carbons (Fsp3) is 0.281. The van der Waals surface area contributed by atoms with E-state index in [1.54, 1.807) is 41.3 Å². The number of hydrogen-bond acceptors (Lipinski definition) is 9.